The van der Waals surface area contributed by atoms with Crippen molar-refractivity contribution in [1.82, 2.24) is 8.75 Å². The first-order chi connectivity index (χ1) is 22.0. The van der Waals surface area contributed by atoms with E-state index in [9.17, 15) is 14.7 Å². The maximum Gasteiger partial charge on any atom is 1.00 e. The number of rotatable bonds is 12. The predicted molar refractivity (Wildman–Crippen MR) is 172 cm³/mol. The molecule has 0 saturated heterocycles. The fourth-order valence-electron chi connectivity index (χ4n) is 4.90. The summed E-state index contributed by atoms with van der Waals surface area (Å²) in [5, 5.41) is 12.7. The number of allylic oxidation sites excluding steroid dienone is 1. The third-order valence-corrected chi connectivity index (χ3v) is 7.80. The zero-order chi connectivity index (χ0) is 31.0. The van der Waals surface area contributed by atoms with E-state index in [0.717, 1.165) is 28.4 Å². The standard InChI is InChI=1S/C37H28N2O5S.Na/c40-36(28-13-18-31(19-14-28)44-24-27-9-5-2-6-10-27)32(35(37(41)42)29-15-20-33-34(22-29)39-45-38-33)21-25-11-16-30(17-12-25)43-23-26-7-3-1-4-8-26;/h1-20,22H,21,23-24H2,(H,41,42);/q;+1/p-1/b35-32+;. The number of ketones is 1. The van der Waals surface area contributed by atoms with Crippen LogP contribution in [0.4, 0.5) is 0 Å². The third kappa shape index (κ3) is 8.16. The van der Waals surface area contributed by atoms with Crippen LogP contribution in [0.25, 0.3) is 16.6 Å². The summed E-state index contributed by atoms with van der Waals surface area (Å²) in [6.45, 7) is 0.796. The maximum absolute atomic E-state index is 14.1. The van der Waals surface area contributed by atoms with Gasteiger partial charge >= 0.3 is 29.6 Å². The van der Waals surface area contributed by atoms with E-state index >= 15 is 0 Å². The molecule has 0 aliphatic rings. The van der Waals surface area contributed by atoms with Gasteiger partial charge in [-0.15, -0.1) is 0 Å². The number of nitrogens with zero attached hydrogens (tertiary/aromatic N) is 2. The first-order valence-corrected chi connectivity index (χ1v) is 15.0. The van der Waals surface area contributed by atoms with Gasteiger partial charge in [0.15, 0.2) is 5.78 Å². The van der Waals surface area contributed by atoms with Gasteiger partial charge in [-0.3, -0.25) is 4.79 Å². The van der Waals surface area contributed by atoms with E-state index in [1.807, 2.05) is 84.9 Å². The fourth-order valence-corrected chi connectivity index (χ4v) is 5.42. The molecule has 0 fully saturated rings. The number of Topliss-reactive ketones (excluding diaryl/α,β-unsaturated/α-hetero) is 1. The predicted octanol–water partition coefficient (Wildman–Crippen LogP) is 3.48. The molecule has 1 heterocycles. The van der Waals surface area contributed by atoms with Gasteiger partial charge in [0.1, 0.15) is 35.7 Å². The van der Waals surface area contributed by atoms with E-state index in [1.165, 1.54) is 0 Å². The largest absolute Gasteiger partial charge is 1.00 e. The Morgan fingerprint density at radius 3 is 1.70 bits per heavy atom. The molecule has 6 aromatic rings. The fraction of sp³-hybridized carbons (Fsp3) is 0.0811. The van der Waals surface area contributed by atoms with Crippen molar-refractivity contribution in [2.45, 2.75) is 19.6 Å². The summed E-state index contributed by atoms with van der Waals surface area (Å²) in [4.78, 5) is 26.8. The minimum Gasteiger partial charge on any atom is -0.545 e. The Hall–Kier alpha value is -4.60. The van der Waals surface area contributed by atoms with Crippen molar-refractivity contribution in [2.24, 2.45) is 0 Å². The second-order valence-electron chi connectivity index (χ2n) is 10.3. The van der Waals surface area contributed by atoms with Gasteiger partial charge in [-0.2, -0.15) is 8.75 Å². The van der Waals surface area contributed by atoms with Crippen LogP contribution < -0.4 is 44.1 Å². The number of carbonyl (C=O) groups is 2. The molecule has 0 saturated carbocycles. The van der Waals surface area contributed by atoms with E-state index in [1.54, 1.807) is 42.5 Å². The Kier molecular flexibility index (Phi) is 11.1. The number of carboxylic acids is 1. The number of hydrogen-bond donors (Lipinski definition) is 0. The normalized spacial score (nSPS) is 11.3. The molecule has 0 radical (unpaired) electrons. The summed E-state index contributed by atoms with van der Waals surface area (Å²) in [6.07, 6.45) is 0.0563. The molecule has 7 nitrogen and oxygen atoms in total. The van der Waals surface area contributed by atoms with Gasteiger partial charge in [0, 0.05) is 23.1 Å². The second kappa shape index (κ2) is 15.6. The molecule has 9 heteroatoms. The average Bonchev–Trinajstić information content (AvgIpc) is 3.56. The molecular formula is C37H27N2NaO5S. The van der Waals surface area contributed by atoms with Crippen LogP contribution in [0.5, 0.6) is 11.5 Å². The molecule has 0 bridgehead atoms. The number of benzene rings is 5. The van der Waals surface area contributed by atoms with Crippen LogP contribution in [-0.4, -0.2) is 20.5 Å². The van der Waals surface area contributed by atoms with Crippen molar-refractivity contribution in [3.63, 3.8) is 0 Å². The molecule has 222 valence electrons. The summed E-state index contributed by atoms with van der Waals surface area (Å²) < 4.78 is 20.2. The molecule has 0 aliphatic heterocycles. The zero-order valence-electron chi connectivity index (χ0n) is 25.1. The zero-order valence-corrected chi connectivity index (χ0v) is 27.9. The van der Waals surface area contributed by atoms with Gasteiger partial charge in [0.2, 0.25) is 0 Å². The van der Waals surface area contributed by atoms with Gasteiger partial charge in [-0.25, -0.2) is 0 Å². The number of aliphatic carboxylic acids is 1. The third-order valence-electron chi connectivity index (χ3n) is 7.24. The van der Waals surface area contributed by atoms with Gasteiger partial charge < -0.3 is 19.4 Å². The SMILES string of the molecule is O=C([O-])/C(=C(\Cc1ccc(OCc2ccccc2)cc1)C(=O)c1ccc(OCc2ccccc2)cc1)c1ccc2nsnc2c1.[Na+]. The monoisotopic (exact) mass is 634 g/mol. The maximum atomic E-state index is 14.1. The van der Waals surface area contributed by atoms with Crippen molar-refractivity contribution in [2.75, 3.05) is 0 Å². The van der Waals surface area contributed by atoms with Gasteiger partial charge in [0.05, 0.1) is 17.7 Å². The molecule has 0 aliphatic carbocycles. The minimum absolute atomic E-state index is 0. The van der Waals surface area contributed by atoms with Crippen LogP contribution in [0, 0.1) is 0 Å². The van der Waals surface area contributed by atoms with Crippen LogP contribution in [0.15, 0.2) is 133 Å². The van der Waals surface area contributed by atoms with Crippen LogP contribution in [0.2, 0.25) is 0 Å². The van der Waals surface area contributed by atoms with Gasteiger partial charge in [0.25, 0.3) is 0 Å². The number of ether oxygens (including phenoxy) is 2. The number of aromatic nitrogens is 2. The number of carboxylic acid groups (broad SMARTS) is 1. The topological polar surface area (TPSA) is 101 Å². The Morgan fingerprint density at radius 1 is 0.609 bits per heavy atom. The molecule has 1 aromatic heterocycles. The summed E-state index contributed by atoms with van der Waals surface area (Å²) in [7, 11) is 0. The molecular weight excluding hydrogens is 607 g/mol. The Morgan fingerprint density at radius 2 is 1.13 bits per heavy atom. The molecule has 0 unspecified atom stereocenters. The van der Waals surface area contributed by atoms with Crippen LogP contribution in [0.1, 0.15) is 32.6 Å². The van der Waals surface area contributed by atoms with E-state index in [0.29, 0.717) is 46.9 Å². The first kappa shape index (κ1) is 32.8. The quantitative estimate of drug-likeness (QED) is 0.115. The molecule has 46 heavy (non-hydrogen) atoms. The van der Waals surface area contributed by atoms with Crippen molar-refractivity contribution >= 4 is 40.1 Å². The molecule has 6 rings (SSSR count). The Labute approximate surface area is 292 Å². The summed E-state index contributed by atoms with van der Waals surface area (Å²) >= 11 is 1.03. The van der Waals surface area contributed by atoms with Gasteiger partial charge in [-0.05, 0) is 70.8 Å². The van der Waals surface area contributed by atoms with Crippen molar-refractivity contribution in [1.29, 1.82) is 0 Å². The Balaban J connectivity index is 0.00000417. The van der Waals surface area contributed by atoms with Crippen molar-refractivity contribution in [3.8, 4) is 11.5 Å². The molecule has 0 amide bonds. The first-order valence-electron chi connectivity index (χ1n) is 14.3. The van der Waals surface area contributed by atoms with Crippen LogP contribution in [-0.2, 0) is 24.4 Å². The van der Waals surface area contributed by atoms with Crippen molar-refractivity contribution < 1.29 is 53.7 Å². The number of hydrogen-bond acceptors (Lipinski definition) is 8. The molecule has 0 atom stereocenters. The van der Waals surface area contributed by atoms with Crippen molar-refractivity contribution in [3.05, 3.63) is 161 Å². The van der Waals surface area contributed by atoms with E-state index < -0.39 is 11.8 Å². The smallest absolute Gasteiger partial charge is 0.545 e. The van der Waals surface area contributed by atoms with E-state index in [4.69, 9.17) is 9.47 Å². The van der Waals surface area contributed by atoms with Crippen LogP contribution >= 0.6 is 11.7 Å². The summed E-state index contributed by atoms with van der Waals surface area (Å²) in [5.74, 6) is -0.628. The summed E-state index contributed by atoms with van der Waals surface area (Å²) in [6, 6.07) is 38.5. The number of carbonyl (C=O) groups excluding carboxylic acids is 2. The second-order valence-corrected chi connectivity index (χ2v) is 10.9. The van der Waals surface area contributed by atoms with Gasteiger partial charge in [-0.1, -0.05) is 78.9 Å². The molecule has 0 spiro atoms. The van der Waals surface area contributed by atoms with E-state index in [-0.39, 0.29) is 47.1 Å². The number of fused-ring (bicyclic) bond motifs is 1. The average molecular weight is 635 g/mol. The summed E-state index contributed by atoms with van der Waals surface area (Å²) in [5.41, 5.74) is 4.54. The molecule has 0 N–H and O–H groups in total. The van der Waals surface area contributed by atoms with E-state index in [2.05, 4.69) is 8.75 Å². The van der Waals surface area contributed by atoms with Crippen LogP contribution in [0.3, 0.4) is 0 Å². The Bertz CT molecular complexity index is 1960. The molecule has 5 aromatic carbocycles. The minimum atomic E-state index is -1.45.